The van der Waals surface area contributed by atoms with Crippen molar-refractivity contribution < 1.29 is 74.9 Å². The number of unbranched alkanes of at least 4 members (excludes halogenated alkanes) is 5. The number of aromatic hydroxyl groups is 2. The highest BCUT2D eigenvalue weighted by Gasteiger charge is 2.50. The molecule has 0 aromatic heterocycles. The number of methoxy groups -OCH3 is 1. The molecule has 29 heteroatoms. The molecular formula is C106H137N5O17S7. The molecule has 0 unspecified atom stereocenters. The number of hydrogen-bond donors (Lipinski definition) is 8. The van der Waals surface area contributed by atoms with E-state index in [0.29, 0.717) is 49.3 Å². The van der Waals surface area contributed by atoms with Gasteiger partial charge in [-0.25, -0.2) is 42.1 Å². The first-order chi connectivity index (χ1) is 64.3. The molecule has 5 heterocycles. The number of ether oxygens (including phenoxy) is 1. The van der Waals surface area contributed by atoms with Crippen LogP contribution in [0.25, 0.3) is 0 Å². The van der Waals surface area contributed by atoms with Crippen LogP contribution < -0.4 is 26.0 Å². The van der Waals surface area contributed by atoms with Crippen molar-refractivity contribution in [2.75, 3.05) is 35.9 Å². The van der Waals surface area contributed by atoms with Crippen molar-refractivity contribution in [2.24, 2.45) is 0 Å². The van der Waals surface area contributed by atoms with Gasteiger partial charge in [0.05, 0.1) is 96.1 Å². The molecule has 5 aliphatic rings. The molecule has 15 rings (SSSR count). The van der Waals surface area contributed by atoms with Gasteiger partial charge in [0.1, 0.15) is 17.2 Å². The summed E-state index contributed by atoms with van der Waals surface area (Å²) in [6, 6.07) is 75.9. The predicted molar refractivity (Wildman–Crippen MR) is 540 cm³/mol. The minimum absolute atomic E-state index is 0.0170. The number of benzene rings is 10. The Morgan fingerprint density at radius 1 is 0.333 bits per heavy atom. The van der Waals surface area contributed by atoms with Gasteiger partial charge in [-0.15, -0.1) is 25.3 Å². The van der Waals surface area contributed by atoms with Crippen molar-refractivity contribution >= 4 is 72.4 Å². The number of hydrogen-bond acceptors (Lipinski definition) is 23. The lowest BCUT2D eigenvalue weighted by Crippen LogP contribution is -2.51. The summed E-state index contributed by atoms with van der Waals surface area (Å²) in [6.07, 6.45) is 17.4. The second-order valence-corrected chi connectivity index (χ2v) is 47.1. The Labute approximate surface area is 809 Å². The fraction of sp³-hybridized carbons (Fsp3) is 0.434. The van der Waals surface area contributed by atoms with E-state index in [-0.39, 0.29) is 74.2 Å². The van der Waals surface area contributed by atoms with Crippen LogP contribution in [-0.4, -0.2) is 139 Å². The summed E-state index contributed by atoms with van der Waals surface area (Å²) < 4.78 is 163. The van der Waals surface area contributed by atoms with Gasteiger partial charge in [0.2, 0.25) is 0 Å². The lowest BCUT2D eigenvalue weighted by Gasteiger charge is -2.42. The summed E-state index contributed by atoms with van der Waals surface area (Å²) in [5.41, 5.74) is 6.19. The fourth-order valence-electron chi connectivity index (χ4n) is 19.5. The Hall–Kier alpha value is -8.92. The van der Waals surface area contributed by atoms with Crippen LogP contribution in [-0.2, 0) is 59.8 Å². The van der Waals surface area contributed by atoms with Crippen molar-refractivity contribution in [3.63, 3.8) is 0 Å². The first kappa shape index (κ1) is 108. The number of fused-ring (bicyclic) bond motifs is 5. The minimum Gasteiger partial charge on any atom is -0.508 e. The molecule has 22 nitrogen and oxygen atoms in total. The van der Waals surface area contributed by atoms with Crippen molar-refractivity contribution in [1.82, 2.24) is 26.3 Å². The average Bonchev–Trinajstić information content (AvgIpc) is 1.76. The third-order valence-corrected chi connectivity index (χ3v) is 37.3. The van der Waals surface area contributed by atoms with E-state index in [1.165, 1.54) is 23.3 Å². The van der Waals surface area contributed by atoms with Crippen LogP contribution in [0, 0.1) is 0 Å². The number of sulfone groups is 5. The molecule has 0 saturated carbocycles. The molecule has 0 amide bonds. The van der Waals surface area contributed by atoms with Crippen molar-refractivity contribution in [2.45, 2.75) is 285 Å². The number of nitrogens with one attached hydrogen (secondary N) is 4. The highest BCUT2D eigenvalue weighted by atomic mass is 32.2. The molecule has 0 fully saturated rings. The van der Waals surface area contributed by atoms with Crippen molar-refractivity contribution in [3.8, 4) is 17.2 Å². The highest BCUT2D eigenvalue weighted by Crippen LogP contribution is 2.48. The number of rotatable bonds is 26. The summed E-state index contributed by atoms with van der Waals surface area (Å²) in [6.45, 7) is 20.8. The monoisotopic (exact) mass is 1980 g/mol. The van der Waals surface area contributed by atoms with Crippen LogP contribution in [0.3, 0.4) is 0 Å². The van der Waals surface area contributed by atoms with Crippen LogP contribution in [0.5, 0.6) is 17.2 Å². The average molecular weight is 1980 g/mol. The van der Waals surface area contributed by atoms with Crippen LogP contribution >= 0.6 is 12.6 Å². The molecule has 135 heavy (non-hydrogen) atoms. The van der Waals surface area contributed by atoms with E-state index in [2.05, 4.69) is 126 Å². The van der Waals surface area contributed by atoms with Gasteiger partial charge in [-0.1, -0.05) is 328 Å². The molecular weight excluding hydrogens is 1840 g/mol. The van der Waals surface area contributed by atoms with Crippen LogP contribution in [0.4, 0.5) is 0 Å². The zero-order valence-corrected chi connectivity index (χ0v) is 85.4. The fourth-order valence-corrected chi connectivity index (χ4v) is 30.6. The van der Waals surface area contributed by atoms with Gasteiger partial charge in [-0.05, 0) is 174 Å². The zero-order valence-electron chi connectivity index (χ0n) is 79.6. The summed E-state index contributed by atoms with van der Waals surface area (Å²) in [7, 11) is -18.9. The van der Waals surface area contributed by atoms with E-state index in [1.54, 1.807) is 43.5 Å². The smallest absolute Gasteiger partial charge is 0.425 e. The molecule has 10 aromatic carbocycles. The number of hydroxylamine groups is 2. The zero-order chi connectivity index (χ0) is 98.2. The Kier molecular flexibility index (Phi) is 38.5. The normalized spacial score (nSPS) is 24.1. The maximum absolute atomic E-state index is 13.4. The molecule has 10 aromatic rings. The van der Waals surface area contributed by atoms with Crippen LogP contribution in [0.1, 0.15) is 283 Å². The quantitative estimate of drug-likeness (QED) is 0.0233. The number of phenolic OH excluding ortho intramolecular Hbond substituents is 2. The third-order valence-electron chi connectivity index (χ3n) is 27.2. The van der Waals surface area contributed by atoms with Gasteiger partial charge in [0, 0.05) is 27.1 Å². The summed E-state index contributed by atoms with van der Waals surface area (Å²) >= 11 is 4.39. The Balaban J connectivity index is 0.000000173. The van der Waals surface area contributed by atoms with Crippen molar-refractivity contribution in [1.29, 1.82) is 0 Å². The van der Waals surface area contributed by atoms with Crippen molar-refractivity contribution in [3.05, 3.63) is 304 Å². The lowest BCUT2D eigenvalue weighted by molar-refractivity contribution is -0.193. The first-order valence-corrected chi connectivity index (χ1v) is 57.1. The Bertz CT molecular complexity index is 6150. The minimum atomic E-state index is -3.69. The summed E-state index contributed by atoms with van der Waals surface area (Å²) in [4.78, 5) is 2.29. The molecule has 0 saturated heterocycles. The molecule has 0 bridgehead atoms. The van der Waals surface area contributed by atoms with E-state index in [0.717, 1.165) is 160 Å². The molecule has 5 aliphatic heterocycles. The molecule has 0 radical (unpaired) electrons. The Morgan fingerprint density at radius 2 is 0.607 bits per heavy atom. The van der Waals surface area contributed by atoms with Gasteiger partial charge in [-0.3, -0.25) is 21.3 Å². The SMILES string of the molecule is CCCC[C@]1(CC)CS(=O)(=O)c2cc(O)ccc2[C@@H](c2ccccc2)N1.CCCC[C@]1(CC)CS(=O)(=O)c2cc(O)ccc2[C@@H](c2ccccc2)N1O.CCCC[C@]1(CC)CS(=O)(=O)c2cc(OC)ccc2[C@@H](c2ccccc2)N1.CCCC[C@]1(CC)CS(=O)(=O)c2cc(S)ccc2[C@@H](c2ccccc2)N1.CCCC[C@]1(CC)CS(=O)(=O)c2ccccc2[C@@H](c2ccccc2)N1.O=S(=O)=O. The second-order valence-electron chi connectivity index (χ2n) is 36.3. The maximum atomic E-state index is 13.4. The number of nitrogens with zero attached hydrogens (tertiary/aromatic N) is 1. The highest BCUT2D eigenvalue weighted by molar-refractivity contribution is 7.92. The number of thiol groups is 1. The van der Waals surface area contributed by atoms with Gasteiger partial charge < -0.3 is 20.2 Å². The van der Waals surface area contributed by atoms with E-state index in [4.69, 9.17) is 17.4 Å². The topological polar surface area (TPSA) is 343 Å². The summed E-state index contributed by atoms with van der Waals surface area (Å²) in [5, 5.41) is 47.5. The van der Waals surface area contributed by atoms with E-state index in [9.17, 15) is 57.5 Å². The Morgan fingerprint density at radius 3 is 0.948 bits per heavy atom. The maximum Gasteiger partial charge on any atom is 0.425 e. The standard InChI is InChI=1S/C22H29NO3S.C21H27NO4S.C21H27NO3S.C21H27NO2S2.C21H27NO2S.O3S/c1-4-6-14-22(5-2)16-27(24,25)20-15-18(26-3)12-13-19(20)21(23-22)17-10-8-7-9-11-17;1-3-5-13-21(4-2)15-27(25,26)19-14-17(23)11-12-18(19)20(22(21)24)16-9-7-6-8-10-16;1-3-5-13-21(4-2)15-26(24,25)19-14-17(23)11-12-18(19)20(22-21)16-9-7-6-8-10-16;1-3-5-13-21(4-2)15-26(23,24)19-14-17(25)11-12-18(19)20(22-21)16-9-7-6-8-10-16;1-3-5-15-21(4-2)16-25(23,24)19-14-10-9-13-18(19)20(22-21)17-11-7-6-8-12-17;1-4(2)3/h7-13,15,21,23H,4-6,14,16H2,1-3H3;6-12,14,20,23-24H,3-5,13,15H2,1-2H3;6-12,14,20,22-23H,3-5,13,15H2,1-2H3;6-12,14,20,22,25H,3-5,13,15H2,1-2H3;6-14,20,22H,3-5,15-16H2,1-2H3;/t21-,22-;4*20-,21-;/m11111./s1. The van der Waals surface area contributed by atoms with Gasteiger partial charge in [0.15, 0.2) is 49.2 Å². The van der Waals surface area contributed by atoms with Crippen LogP contribution in [0.15, 0.2) is 278 Å². The lowest BCUT2D eigenvalue weighted by atomic mass is 9.87. The molecule has 730 valence electrons. The molecule has 0 spiro atoms. The second kappa shape index (κ2) is 48.1. The molecule has 7 N–H and O–H groups in total. The molecule has 0 aliphatic carbocycles. The van der Waals surface area contributed by atoms with E-state index >= 15 is 0 Å². The third kappa shape index (κ3) is 26.8. The van der Waals surface area contributed by atoms with Gasteiger partial charge in [0.25, 0.3) is 0 Å². The van der Waals surface area contributed by atoms with E-state index < -0.39 is 93.5 Å². The van der Waals surface area contributed by atoms with Crippen LogP contribution in [0.2, 0.25) is 0 Å². The van der Waals surface area contributed by atoms with Gasteiger partial charge in [-0.2, -0.15) is 5.06 Å². The predicted octanol–water partition coefficient (Wildman–Crippen LogP) is 21.3. The first-order valence-electron chi connectivity index (χ1n) is 47.3. The largest absolute Gasteiger partial charge is 0.508 e. The van der Waals surface area contributed by atoms with Gasteiger partial charge >= 0.3 is 10.6 Å². The van der Waals surface area contributed by atoms with E-state index in [1.807, 2.05) is 172 Å². The summed E-state index contributed by atoms with van der Waals surface area (Å²) in [5.74, 6) is 0.744. The molecule has 10 atom stereocenters. The number of phenols is 2.